The first kappa shape index (κ1) is 57.4. The summed E-state index contributed by atoms with van der Waals surface area (Å²) in [5.41, 5.74) is 5.33. The van der Waals surface area contributed by atoms with Gasteiger partial charge in [0.05, 0.1) is 19.3 Å². The van der Waals surface area contributed by atoms with Crippen LogP contribution in [-0.4, -0.2) is 71.1 Å². The third-order valence-electron chi connectivity index (χ3n) is 8.91. The Morgan fingerprint density at radius 2 is 1.08 bits per heavy atom. The SMILES string of the molecule is CCCCC/C=C\C/C=C\C/C=C\C/C=C\CCCCCC(=O)OC[C@H](COP(=O)(O)OC[C@H](N)C(=O)O)OC(=O)CCC/C=C\C/C=C\C/C=C\C=C\[C@@H](O)CCCCC. The fraction of sp³-hybridized carbons (Fsp3) is 0.604. The molecule has 0 aliphatic rings. The number of carboxylic acids is 1. The van der Waals surface area contributed by atoms with E-state index in [4.69, 9.17) is 24.8 Å². The van der Waals surface area contributed by atoms with Crippen molar-refractivity contribution in [2.24, 2.45) is 5.73 Å². The number of phosphoric acid groups is 1. The van der Waals surface area contributed by atoms with E-state index < -0.39 is 63.8 Å². The molecule has 13 heteroatoms. The van der Waals surface area contributed by atoms with Crippen molar-refractivity contribution < 1.29 is 52.6 Å². The molecule has 0 aliphatic heterocycles. The molecule has 0 bridgehead atoms. The van der Waals surface area contributed by atoms with E-state index in [1.807, 2.05) is 48.6 Å². The second kappa shape index (κ2) is 41.7. The number of aliphatic hydroxyl groups excluding tert-OH is 1. The van der Waals surface area contributed by atoms with Crippen molar-refractivity contribution in [1.29, 1.82) is 0 Å². The molecule has 0 rings (SSSR count). The van der Waals surface area contributed by atoms with Crippen LogP contribution in [0.15, 0.2) is 97.2 Å². The van der Waals surface area contributed by atoms with Crippen LogP contribution < -0.4 is 5.73 Å². The summed E-state index contributed by atoms with van der Waals surface area (Å²) in [6, 6.07) is -1.55. The Bertz CT molecular complexity index is 1420. The molecule has 0 aromatic carbocycles. The van der Waals surface area contributed by atoms with Crippen LogP contribution in [0.3, 0.4) is 0 Å². The van der Waals surface area contributed by atoms with Crippen molar-refractivity contribution >= 4 is 25.7 Å². The molecular weight excluding hydrogens is 797 g/mol. The van der Waals surface area contributed by atoms with Crippen molar-refractivity contribution in [3.8, 4) is 0 Å². The molecule has 0 heterocycles. The van der Waals surface area contributed by atoms with Gasteiger partial charge in [-0.3, -0.25) is 23.4 Å². The van der Waals surface area contributed by atoms with Gasteiger partial charge in [-0.15, -0.1) is 0 Å². The van der Waals surface area contributed by atoms with Gasteiger partial charge in [-0.2, -0.15) is 0 Å². The summed E-state index contributed by atoms with van der Waals surface area (Å²) in [6.45, 7) is 2.53. The van der Waals surface area contributed by atoms with E-state index in [0.29, 0.717) is 19.3 Å². The topological polar surface area (TPSA) is 192 Å². The van der Waals surface area contributed by atoms with Gasteiger partial charge in [0.15, 0.2) is 6.10 Å². The number of hydrogen-bond donors (Lipinski definition) is 4. The predicted octanol–water partition coefficient (Wildman–Crippen LogP) is 11.0. The fourth-order valence-corrected chi connectivity index (χ4v) is 6.10. The fourth-order valence-electron chi connectivity index (χ4n) is 5.33. The zero-order valence-corrected chi connectivity index (χ0v) is 38.0. The lowest BCUT2D eigenvalue weighted by atomic mass is 10.1. The van der Waals surface area contributed by atoms with Gasteiger partial charge in [-0.25, -0.2) is 4.57 Å². The molecule has 0 radical (unpaired) electrons. The lowest BCUT2D eigenvalue weighted by molar-refractivity contribution is -0.161. The monoisotopic (exact) mass is 876 g/mol. The number of carbonyl (C=O) groups excluding carboxylic acids is 2. The number of phosphoric ester groups is 1. The number of carbonyl (C=O) groups is 3. The number of allylic oxidation sites excluding steroid dienone is 15. The Hall–Kier alpha value is -3.64. The predicted molar refractivity (Wildman–Crippen MR) is 246 cm³/mol. The largest absolute Gasteiger partial charge is 0.480 e. The summed E-state index contributed by atoms with van der Waals surface area (Å²) < 4.78 is 32.6. The van der Waals surface area contributed by atoms with Crippen molar-refractivity contribution in [2.75, 3.05) is 19.8 Å². The standard InChI is InChI=1S/C48H78NO11P/c1-3-5-7-8-9-10-11-12-13-14-15-16-17-18-21-24-27-30-34-38-46(51)57-40-44(41-58-61(55,56)59-42-45(49)48(53)54)60-47(52)39-35-31-28-25-22-19-20-23-26-29-33-37-43(50)36-32-6-4-2/h9-10,12-13,15-16,18-21,25-26,28-29,33,37,43-45,50H,3-8,11,14,17,22-24,27,30-32,34-36,38-42,49H2,1-2H3,(H,53,54)(H,55,56)/b10-9-,13-12-,16-15-,20-19-,21-18-,28-25-,29-26-,37-33+/t43-,44+,45-/m0/s1. The van der Waals surface area contributed by atoms with Crippen LogP contribution >= 0.6 is 7.82 Å². The van der Waals surface area contributed by atoms with Crippen LogP contribution in [-0.2, 0) is 37.5 Å². The molecule has 0 amide bonds. The molecule has 0 aromatic rings. The zero-order valence-electron chi connectivity index (χ0n) is 37.1. The second-order valence-electron chi connectivity index (χ2n) is 14.7. The number of ether oxygens (including phenoxy) is 2. The van der Waals surface area contributed by atoms with Crippen LogP contribution in [0.4, 0.5) is 0 Å². The van der Waals surface area contributed by atoms with E-state index in [1.54, 1.807) is 0 Å². The molecule has 0 spiro atoms. The number of rotatable bonds is 40. The number of esters is 2. The van der Waals surface area contributed by atoms with E-state index >= 15 is 0 Å². The van der Waals surface area contributed by atoms with Gasteiger partial charge in [0.2, 0.25) is 0 Å². The lowest BCUT2D eigenvalue weighted by Crippen LogP contribution is -2.34. The normalized spacial score (nSPS) is 15.1. The minimum Gasteiger partial charge on any atom is -0.480 e. The van der Waals surface area contributed by atoms with Gasteiger partial charge in [0.1, 0.15) is 12.6 Å². The van der Waals surface area contributed by atoms with Crippen molar-refractivity contribution in [3.05, 3.63) is 97.2 Å². The van der Waals surface area contributed by atoms with Crippen LogP contribution in [0.5, 0.6) is 0 Å². The first-order valence-electron chi connectivity index (χ1n) is 22.4. The Morgan fingerprint density at radius 3 is 1.66 bits per heavy atom. The number of hydrogen-bond acceptors (Lipinski definition) is 10. The number of unbranched alkanes of at least 4 members (excludes halogenated alkanes) is 9. The highest BCUT2D eigenvalue weighted by molar-refractivity contribution is 7.47. The minimum absolute atomic E-state index is 0.0520. The maximum absolute atomic E-state index is 12.6. The molecule has 0 aliphatic carbocycles. The molecular formula is C48H78NO11P. The van der Waals surface area contributed by atoms with Gasteiger partial charge in [0, 0.05) is 12.8 Å². The van der Waals surface area contributed by atoms with Gasteiger partial charge < -0.3 is 30.3 Å². The third kappa shape index (κ3) is 41.5. The van der Waals surface area contributed by atoms with Crippen molar-refractivity contribution in [2.45, 2.75) is 167 Å². The highest BCUT2D eigenvalue weighted by atomic mass is 31.2. The third-order valence-corrected chi connectivity index (χ3v) is 9.86. The lowest BCUT2D eigenvalue weighted by Gasteiger charge is -2.20. The zero-order chi connectivity index (χ0) is 45.1. The Kier molecular flexibility index (Phi) is 39.2. The summed E-state index contributed by atoms with van der Waals surface area (Å²) in [7, 11) is -4.76. The summed E-state index contributed by atoms with van der Waals surface area (Å²) in [5, 5.41) is 18.8. The smallest absolute Gasteiger partial charge is 0.472 e. The van der Waals surface area contributed by atoms with E-state index in [2.05, 4.69) is 67.0 Å². The summed E-state index contributed by atoms with van der Waals surface area (Å²) in [6.07, 6.45) is 49.4. The van der Waals surface area contributed by atoms with Crippen LogP contribution in [0, 0.1) is 0 Å². The second-order valence-corrected chi connectivity index (χ2v) is 16.1. The maximum Gasteiger partial charge on any atom is 0.472 e. The highest BCUT2D eigenvalue weighted by Crippen LogP contribution is 2.43. The van der Waals surface area contributed by atoms with Crippen LogP contribution in [0.1, 0.15) is 149 Å². The highest BCUT2D eigenvalue weighted by Gasteiger charge is 2.28. The average Bonchev–Trinajstić information content (AvgIpc) is 3.23. The first-order valence-corrected chi connectivity index (χ1v) is 23.9. The average molecular weight is 876 g/mol. The molecule has 0 aromatic heterocycles. The molecule has 346 valence electrons. The molecule has 0 fully saturated rings. The number of carboxylic acid groups (broad SMARTS) is 1. The van der Waals surface area contributed by atoms with Crippen LogP contribution in [0.2, 0.25) is 0 Å². The summed E-state index contributed by atoms with van der Waals surface area (Å²) >= 11 is 0. The van der Waals surface area contributed by atoms with Gasteiger partial charge in [0.25, 0.3) is 0 Å². The first-order chi connectivity index (χ1) is 29.5. The number of nitrogens with two attached hydrogens (primary N) is 1. The van der Waals surface area contributed by atoms with E-state index in [0.717, 1.165) is 83.5 Å². The van der Waals surface area contributed by atoms with E-state index in [9.17, 15) is 28.9 Å². The maximum atomic E-state index is 12.6. The number of aliphatic carboxylic acids is 1. The summed E-state index contributed by atoms with van der Waals surface area (Å²) in [5.74, 6) is -2.54. The molecule has 12 nitrogen and oxygen atoms in total. The van der Waals surface area contributed by atoms with Crippen LogP contribution in [0.25, 0.3) is 0 Å². The quantitative estimate of drug-likeness (QED) is 0.0150. The molecule has 0 saturated carbocycles. The van der Waals surface area contributed by atoms with Crippen molar-refractivity contribution in [1.82, 2.24) is 0 Å². The molecule has 0 saturated heterocycles. The molecule has 4 atom stereocenters. The molecule has 5 N–H and O–H groups in total. The van der Waals surface area contributed by atoms with Gasteiger partial charge in [-0.05, 0) is 83.5 Å². The van der Waals surface area contributed by atoms with E-state index in [1.165, 1.54) is 19.3 Å². The molecule has 1 unspecified atom stereocenters. The summed E-state index contributed by atoms with van der Waals surface area (Å²) in [4.78, 5) is 46.0. The van der Waals surface area contributed by atoms with Gasteiger partial charge in [-0.1, -0.05) is 150 Å². The molecule has 61 heavy (non-hydrogen) atoms. The number of aliphatic hydroxyl groups is 1. The Labute approximate surface area is 367 Å². The van der Waals surface area contributed by atoms with Gasteiger partial charge >= 0.3 is 25.7 Å². The van der Waals surface area contributed by atoms with E-state index in [-0.39, 0.29) is 12.8 Å². The Balaban J connectivity index is 4.57. The minimum atomic E-state index is -4.76. The Morgan fingerprint density at radius 1 is 0.590 bits per heavy atom. The van der Waals surface area contributed by atoms with Crippen molar-refractivity contribution in [3.63, 3.8) is 0 Å².